The molecule has 2 heterocycles. The van der Waals surface area contributed by atoms with Crippen LogP contribution >= 0.6 is 22.9 Å². The number of likely N-dealkylation sites (tertiary alicyclic amines) is 1. The zero-order valence-corrected chi connectivity index (χ0v) is 15.4. The Kier molecular flexibility index (Phi) is 4.52. The molecule has 0 spiro atoms. The molecule has 0 saturated carbocycles. The highest BCUT2D eigenvalue weighted by Gasteiger charge is 2.22. The van der Waals surface area contributed by atoms with Gasteiger partial charge in [-0.25, -0.2) is 0 Å². The standard InChI is InChI=1S/C19H22ClNOS/c1-19(2,3)17-9-8-16(23-17)13-6-7-14(15(20)12-13)18(22)21-10-4-5-11-21/h6-9,12H,4-5,10-11H2,1-3H3. The minimum atomic E-state index is 0.0561. The lowest BCUT2D eigenvalue weighted by Crippen LogP contribution is -2.27. The summed E-state index contributed by atoms with van der Waals surface area (Å²) in [4.78, 5) is 16.9. The Morgan fingerprint density at radius 3 is 2.39 bits per heavy atom. The SMILES string of the molecule is CC(C)(C)c1ccc(-c2ccc(C(=O)N3CCCC3)c(Cl)c2)s1. The normalized spacial score (nSPS) is 15.2. The van der Waals surface area contributed by atoms with Crippen LogP contribution in [0.25, 0.3) is 10.4 Å². The zero-order chi connectivity index (χ0) is 16.6. The molecule has 1 amide bonds. The van der Waals surface area contributed by atoms with Crippen LogP contribution in [-0.4, -0.2) is 23.9 Å². The van der Waals surface area contributed by atoms with Crippen LogP contribution in [0, 0.1) is 0 Å². The molecule has 4 heteroatoms. The first-order valence-electron chi connectivity index (χ1n) is 8.06. The molecule has 0 bridgehead atoms. The molecule has 1 aromatic carbocycles. The number of nitrogens with zero attached hydrogens (tertiary/aromatic N) is 1. The lowest BCUT2D eigenvalue weighted by molar-refractivity contribution is 0.0793. The highest BCUT2D eigenvalue weighted by molar-refractivity contribution is 7.15. The van der Waals surface area contributed by atoms with Gasteiger partial charge in [-0.2, -0.15) is 0 Å². The summed E-state index contributed by atoms with van der Waals surface area (Å²) in [6.45, 7) is 8.34. The maximum atomic E-state index is 12.5. The molecule has 0 N–H and O–H groups in total. The third kappa shape index (κ3) is 3.46. The Labute approximate surface area is 147 Å². The largest absolute Gasteiger partial charge is 0.339 e. The highest BCUT2D eigenvalue weighted by Crippen LogP contribution is 2.36. The van der Waals surface area contributed by atoms with Gasteiger partial charge in [0.15, 0.2) is 0 Å². The molecular formula is C19H22ClNOS. The van der Waals surface area contributed by atoms with Crippen molar-refractivity contribution in [2.75, 3.05) is 13.1 Å². The number of carbonyl (C=O) groups excluding carboxylic acids is 1. The summed E-state index contributed by atoms with van der Waals surface area (Å²) in [5.74, 6) is 0.0561. The molecule has 1 fully saturated rings. The number of amides is 1. The van der Waals surface area contributed by atoms with Crippen molar-refractivity contribution in [3.05, 3.63) is 45.8 Å². The first-order chi connectivity index (χ1) is 10.9. The molecule has 1 aromatic heterocycles. The maximum absolute atomic E-state index is 12.5. The number of rotatable bonds is 2. The third-order valence-corrected chi connectivity index (χ3v) is 6.10. The van der Waals surface area contributed by atoms with Crippen molar-refractivity contribution in [2.45, 2.75) is 39.0 Å². The first kappa shape index (κ1) is 16.5. The van der Waals surface area contributed by atoms with Gasteiger partial charge in [-0.15, -0.1) is 11.3 Å². The van der Waals surface area contributed by atoms with Gasteiger partial charge >= 0.3 is 0 Å². The fraction of sp³-hybridized carbons (Fsp3) is 0.421. The molecule has 0 aliphatic carbocycles. The molecule has 1 aliphatic heterocycles. The molecular weight excluding hydrogens is 326 g/mol. The second-order valence-corrected chi connectivity index (χ2v) is 8.60. The zero-order valence-electron chi connectivity index (χ0n) is 13.9. The molecule has 1 saturated heterocycles. The predicted molar refractivity (Wildman–Crippen MR) is 98.6 cm³/mol. The number of carbonyl (C=O) groups is 1. The van der Waals surface area contributed by atoms with Crippen molar-refractivity contribution in [2.24, 2.45) is 0 Å². The van der Waals surface area contributed by atoms with E-state index in [0.29, 0.717) is 10.6 Å². The molecule has 3 rings (SSSR count). The van der Waals surface area contributed by atoms with Crippen LogP contribution in [0.15, 0.2) is 30.3 Å². The average molecular weight is 348 g/mol. The summed E-state index contributed by atoms with van der Waals surface area (Å²) in [7, 11) is 0. The molecule has 2 nitrogen and oxygen atoms in total. The van der Waals surface area contributed by atoms with Gasteiger partial charge in [-0.05, 0) is 48.1 Å². The molecule has 0 atom stereocenters. The van der Waals surface area contributed by atoms with Crippen molar-refractivity contribution < 1.29 is 4.79 Å². The lowest BCUT2D eigenvalue weighted by atomic mass is 9.95. The van der Waals surface area contributed by atoms with Crippen molar-refractivity contribution in [1.29, 1.82) is 0 Å². The summed E-state index contributed by atoms with van der Waals surface area (Å²) in [5, 5.41) is 0.546. The van der Waals surface area contributed by atoms with Crippen LogP contribution in [-0.2, 0) is 5.41 Å². The van der Waals surface area contributed by atoms with E-state index in [1.807, 2.05) is 23.1 Å². The van der Waals surface area contributed by atoms with E-state index in [-0.39, 0.29) is 11.3 Å². The van der Waals surface area contributed by atoms with Gasteiger partial charge in [-0.1, -0.05) is 38.4 Å². The molecule has 0 unspecified atom stereocenters. The number of thiophene rings is 1. The summed E-state index contributed by atoms with van der Waals surface area (Å²) in [6, 6.07) is 10.1. The van der Waals surface area contributed by atoms with Crippen molar-refractivity contribution in [1.82, 2.24) is 4.90 Å². The Balaban J connectivity index is 1.87. The van der Waals surface area contributed by atoms with Crippen molar-refractivity contribution in [3.63, 3.8) is 0 Å². The van der Waals surface area contributed by atoms with Gasteiger partial charge in [0.25, 0.3) is 5.91 Å². The molecule has 122 valence electrons. The van der Waals surface area contributed by atoms with Crippen LogP contribution in [0.2, 0.25) is 5.02 Å². The van der Waals surface area contributed by atoms with Gasteiger partial charge in [0, 0.05) is 22.8 Å². The van der Waals surface area contributed by atoms with Crippen LogP contribution in [0.3, 0.4) is 0 Å². The number of hydrogen-bond donors (Lipinski definition) is 0. The van der Waals surface area contributed by atoms with Crippen molar-refractivity contribution in [3.8, 4) is 10.4 Å². The Morgan fingerprint density at radius 1 is 1.13 bits per heavy atom. The molecule has 23 heavy (non-hydrogen) atoms. The van der Waals surface area contributed by atoms with Gasteiger partial charge in [0.2, 0.25) is 0 Å². The number of hydrogen-bond acceptors (Lipinski definition) is 2. The number of halogens is 1. The van der Waals surface area contributed by atoms with Gasteiger partial charge < -0.3 is 4.90 Å². The fourth-order valence-corrected chi connectivity index (χ4v) is 4.15. The highest BCUT2D eigenvalue weighted by atomic mass is 35.5. The maximum Gasteiger partial charge on any atom is 0.255 e. The van der Waals surface area contributed by atoms with E-state index in [9.17, 15) is 4.79 Å². The Bertz CT molecular complexity index is 723. The van der Waals surface area contributed by atoms with E-state index in [4.69, 9.17) is 11.6 Å². The third-order valence-electron chi connectivity index (χ3n) is 4.22. The number of benzene rings is 1. The van der Waals surface area contributed by atoms with Crippen LogP contribution in [0.5, 0.6) is 0 Å². The van der Waals surface area contributed by atoms with Gasteiger partial charge in [-0.3, -0.25) is 4.79 Å². The van der Waals surface area contributed by atoms with E-state index < -0.39 is 0 Å². The van der Waals surface area contributed by atoms with E-state index >= 15 is 0 Å². The van der Waals surface area contributed by atoms with Gasteiger partial charge in [0.1, 0.15) is 0 Å². The second kappa shape index (κ2) is 6.29. The summed E-state index contributed by atoms with van der Waals surface area (Å²) in [5.41, 5.74) is 1.84. The second-order valence-electron chi connectivity index (χ2n) is 7.11. The predicted octanol–water partition coefficient (Wildman–Crippen LogP) is 5.60. The quantitative estimate of drug-likeness (QED) is 0.692. The lowest BCUT2D eigenvalue weighted by Gasteiger charge is -2.16. The van der Waals surface area contributed by atoms with Crippen LogP contribution in [0.1, 0.15) is 48.8 Å². The molecule has 1 aliphatic rings. The smallest absolute Gasteiger partial charge is 0.255 e. The van der Waals surface area contributed by atoms with E-state index in [2.05, 4.69) is 32.9 Å². The van der Waals surface area contributed by atoms with E-state index in [1.165, 1.54) is 9.75 Å². The Hall–Kier alpha value is -1.32. The topological polar surface area (TPSA) is 20.3 Å². The summed E-state index contributed by atoms with van der Waals surface area (Å²) in [6.07, 6.45) is 2.18. The Morgan fingerprint density at radius 2 is 1.83 bits per heavy atom. The van der Waals surface area contributed by atoms with Crippen molar-refractivity contribution >= 4 is 28.8 Å². The minimum absolute atomic E-state index is 0.0561. The van der Waals surface area contributed by atoms with E-state index in [1.54, 1.807) is 11.3 Å². The first-order valence-corrected chi connectivity index (χ1v) is 9.25. The average Bonchev–Trinajstić information content (AvgIpc) is 3.17. The fourth-order valence-electron chi connectivity index (χ4n) is 2.83. The monoisotopic (exact) mass is 347 g/mol. The van der Waals surface area contributed by atoms with Gasteiger partial charge in [0.05, 0.1) is 10.6 Å². The minimum Gasteiger partial charge on any atom is -0.339 e. The van der Waals surface area contributed by atoms with Crippen LogP contribution in [0.4, 0.5) is 0 Å². The molecule has 2 aromatic rings. The van der Waals surface area contributed by atoms with E-state index in [0.717, 1.165) is 31.5 Å². The summed E-state index contributed by atoms with van der Waals surface area (Å²) < 4.78 is 0. The summed E-state index contributed by atoms with van der Waals surface area (Å²) >= 11 is 8.19. The molecule has 0 radical (unpaired) electrons. The van der Waals surface area contributed by atoms with Crippen LogP contribution < -0.4 is 0 Å².